The van der Waals surface area contributed by atoms with Gasteiger partial charge in [0.15, 0.2) is 5.82 Å². The molecule has 3 N–H and O–H groups in total. The number of carbonyl (C=O) groups excluding carboxylic acids is 1. The number of β-amino-alcohol motifs (C(OH)–C–C–N with tert-alkyl or cyclic N) is 1. The van der Waals surface area contributed by atoms with E-state index in [9.17, 15) is 18.7 Å². The number of carbonyl (C=O) groups is 1. The van der Waals surface area contributed by atoms with E-state index < -0.39 is 17.6 Å². The van der Waals surface area contributed by atoms with Crippen LogP contribution in [-0.4, -0.2) is 45.7 Å². The van der Waals surface area contributed by atoms with Crippen molar-refractivity contribution in [1.82, 2.24) is 9.97 Å². The molecule has 34 heavy (non-hydrogen) atoms. The Morgan fingerprint density at radius 3 is 2.65 bits per heavy atom. The van der Waals surface area contributed by atoms with Crippen LogP contribution >= 0.6 is 11.6 Å². The molecule has 3 aromatic rings. The largest absolute Gasteiger partial charge is 0.487 e. The first-order valence-electron chi connectivity index (χ1n) is 10.5. The van der Waals surface area contributed by atoms with Crippen molar-refractivity contribution in [2.24, 2.45) is 0 Å². The molecule has 3 heterocycles. The van der Waals surface area contributed by atoms with E-state index in [2.05, 4.69) is 25.3 Å². The second-order valence-corrected chi connectivity index (χ2v) is 8.21. The fourth-order valence-electron chi connectivity index (χ4n) is 3.56. The minimum Gasteiger partial charge on any atom is -0.420 e. The summed E-state index contributed by atoms with van der Waals surface area (Å²) in [6, 6.07) is 10.7. The van der Waals surface area contributed by atoms with E-state index >= 15 is 0 Å². The molecule has 2 aromatic heterocycles. The van der Waals surface area contributed by atoms with Gasteiger partial charge < -0.3 is 25.4 Å². The molecular formula is C23H22ClF2N5O3. The molecule has 0 radical (unpaired) electrons. The monoisotopic (exact) mass is 489 g/mol. The number of halogens is 3. The summed E-state index contributed by atoms with van der Waals surface area (Å²) < 4.78 is 29.8. The molecule has 178 valence electrons. The number of anilines is 4. The van der Waals surface area contributed by atoms with E-state index in [-0.39, 0.29) is 11.3 Å². The summed E-state index contributed by atoms with van der Waals surface area (Å²) in [6.07, 6.45) is 3.32. The van der Waals surface area contributed by atoms with Crippen molar-refractivity contribution in [1.29, 1.82) is 0 Å². The Labute approximate surface area is 199 Å². The number of aryl methyl sites for hydroxylation is 1. The number of amides is 1. The van der Waals surface area contributed by atoms with Crippen molar-refractivity contribution in [2.45, 2.75) is 25.0 Å². The van der Waals surface area contributed by atoms with Crippen molar-refractivity contribution in [3.05, 3.63) is 66.1 Å². The molecule has 4 rings (SSSR count). The Morgan fingerprint density at radius 2 is 2.00 bits per heavy atom. The molecule has 0 bridgehead atoms. The van der Waals surface area contributed by atoms with E-state index in [1.807, 2.05) is 17.9 Å². The minimum atomic E-state index is -3.82. The van der Waals surface area contributed by atoms with Crippen LogP contribution in [0.2, 0.25) is 0 Å². The second-order valence-electron chi connectivity index (χ2n) is 7.77. The van der Waals surface area contributed by atoms with Gasteiger partial charge in [-0.25, -0.2) is 4.98 Å². The quantitative estimate of drug-likeness (QED) is 0.419. The molecule has 0 spiro atoms. The third-order valence-corrected chi connectivity index (χ3v) is 5.29. The smallest absolute Gasteiger partial charge is 0.420 e. The van der Waals surface area contributed by atoms with Gasteiger partial charge in [-0.15, -0.1) is 8.78 Å². The summed E-state index contributed by atoms with van der Waals surface area (Å²) in [5, 5.41) is 15.9. The van der Waals surface area contributed by atoms with Gasteiger partial charge in [0, 0.05) is 42.8 Å². The van der Waals surface area contributed by atoms with Crippen molar-refractivity contribution in [3.63, 3.8) is 0 Å². The zero-order valence-electron chi connectivity index (χ0n) is 18.1. The molecule has 0 saturated carbocycles. The van der Waals surface area contributed by atoms with E-state index in [0.717, 1.165) is 11.4 Å². The first kappa shape index (κ1) is 23.7. The molecule has 1 saturated heterocycles. The number of nitrogens with zero attached hydrogens (tertiary/aromatic N) is 3. The normalized spacial score (nSPS) is 15.8. The fourth-order valence-corrected chi connectivity index (χ4v) is 3.65. The number of hydrogen-bond donors (Lipinski definition) is 3. The molecule has 8 nitrogen and oxygen atoms in total. The van der Waals surface area contributed by atoms with Crippen LogP contribution in [0.5, 0.6) is 5.75 Å². The van der Waals surface area contributed by atoms with Crippen LogP contribution in [-0.2, 0) is 0 Å². The average molecular weight is 490 g/mol. The summed E-state index contributed by atoms with van der Waals surface area (Å²) in [5.41, 5.74) is -1.05. The maximum atomic E-state index is 12.9. The predicted molar refractivity (Wildman–Crippen MR) is 125 cm³/mol. The average Bonchev–Trinajstić information content (AvgIpc) is 3.21. The molecule has 1 amide bonds. The van der Waals surface area contributed by atoms with Gasteiger partial charge in [0.2, 0.25) is 0 Å². The van der Waals surface area contributed by atoms with Crippen LogP contribution < -0.4 is 20.3 Å². The zero-order valence-corrected chi connectivity index (χ0v) is 18.9. The molecule has 1 aliphatic heterocycles. The lowest BCUT2D eigenvalue weighted by Gasteiger charge is -2.22. The lowest BCUT2D eigenvalue weighted by molar-refractivity contribution is -0.0964. The van der Waals surface area contributed by atoms with Crippen LogP contribution in [0.3, 0.4) is 0 Å². The molecule has 1 aromatic carbocycles. The van der Waals surface area contributed by atoms with Crippen LogP contribution in [0, 0.1) is 6.92 Å². The summed E-state index contributed by atoms with van der Waals surface area (Å²) in [6.45, 7) is 2.93. The maximum Gasteiger partial charge on any atom is 0.487 e. The summed E-state index contributed by atoms with van der Waals surface area (Å²) in [7, 11) is 0. The zero-order chi connectivity index (χ0) is 24.3. The van der Waals surface area contributed by atoms with Crippen molar-refractivity contribution in [2.75, 3.05) is 28.6 Å². The number of aliphatic hydroxyl groups excluding tert-OH is 1. The number of benzene rings is 1. The highest BCUT2D eigenvalue weighted by molar-refractivity contribution is 6.20. The van der Waals surface area contributed by atoms with Gasteiger partial charge in [-0.3, -0.25) is 9.78 Å². The number of rotatable bonds is 7. The number of aliphatic hydroxyl groups is 1. The Morgan fingerprint density at radius 1 is 1.24 bits per heavy atom. The molecule has 1 aliphatic rings. The number of hydrogen-bond acceptors (Lipinski definition) is 7. The summed E-state index contributed by atoms with van der Waals surface area (Å²) in [4.78, 5) is 23.6. The number of nitrogens with one attached hydrogen (secondary N) is 2. The molecule has 1 unspecified atom stereocenters. The lowest BCUT2D eigenvalue weighted by Crippen LogP contribution is -2.24. The Balaban J connectivity index is 1.56. The van der Waals surface area contributed by atoms with Crippen LogP contribution in [0.25, 0.3) is 0 Å². The van der Waals surface area contributed by atoms with Gasteiger partial charge in [-0.1, -0.05) is 0 Å². The first-order chi connectivity index (χ1) is 16.2. The third-order valence-electron chi connectivity index (χ3n) is 5.21. The number of ether oxygens (including phenoxy) is 1. The SMILES string of the molecule is Cc1ncccc1Nc1cc(C(=O)Nc2ccc(OC(F)(F)Cl)cc2)cnc1N1CCC(O)C1. The van der Waals surface area contributed by atoms with Crippen molar-refractivity contribution in [3.8, 4) is 5.75 Å². The van der Waals surface area contributed by atoms with Crippen molar-refractivity contribution >= 4 is 40.4 Å². The minimum absolute atomic E-state index is 0.143. The van der Waals surface area contributed by atoms with Gasteiger partial charge in [0.25, 0.3) is 5.91 Å². The predicted octanol–water partition coefficient (Wildman–Crippen LogP) is 4.52. The van der Waals surface area contributed by atoms with Crippen LogP contribution in [0.1, 0.15) is 22.5 Å². The number of aromatic nitrogens is 2. The van der Waals surface area contributed by atoms with E-state index in [4.69, 9.17) is 11.6 Å². The Kier molecular flexibility index (Phi) is 6.80. The molecule has 1 atom stereocenters. The molecular weight excluding hydrogens is 468 g/mol. The van der Waals surface area contributed by atoms with Crippen molar-refractivity contribution < 1.29 is 23.4 Å². The fraction of sp³-hybridized carbons (Fsp3) is 0.261. The van der Waals surface area contributed by atoms with Gasteiger partial charge in [0.1, 0.15) is 5.75 Å². The second kappa shape index (κ2) is 9.78. The maximum absolute atomic E-state index is 12.9. The summed E-state index contributed by atoms with van der Waals surface area (Å²) in [5.74, 6) is 0.0258. The summed E-state index contributed by atoms with van der Waals surface area (Å²) >= 11 is 4.76. The molecule has 0 aliphatic carbocycles. The van der Waals surface area contributed by atoms with Gasteiger partial charge >= 0.3 is 5.57 Å². The first-order valence-corrected chi connectivity index (χ1v) is 10.8. The highest BCUT2D eigenvalue weighted by Crippen LogP contribution is 2.31. The van der Waals surface area contributed by atoms with E-state index in [1.54, 1.807) is 18.3 Å². The number of pyridine rings is 2. The number of alkyl halides is 3. The van der Waals surface area contributed by atoms with E-state index in [1.165, 1.54) is 30.5 Å². The highest BCUT2D eigenvalue weighted by atomic mass is 35.5. The third kappa shape index (κ3) is 5.89. The lowest BCUT2D eigenvalue weighted by atomic mass is 10.2. The van der Waals surface area contributed by atoms with E-state index in [0.29, 0.717) is 36.7 Å². The van der Waals surface area contributed by atoms with Gasteiger partial charge in [-0.05, 0) is 55.8 Å². The standard InChI is InChI=1S/C23H22ClF2N5O3/c1-14-19(3-2-9-27-14)30-20-11-15(12-28-21(20)31-10-8-17(32)13-31)22(33)29-16-4-6-18(7-5-16)34-23(24,25)26/h2-7,9,11-12,17,30,32H,8,10,13H2,1H3,(H,29,33). The highest BCUT2D eigenvalue weighted by Gasteiger charge is 2.27. The van der Waals surface area contributed by atoms with Gasteiger partial charge in [-0.2, -0.15) is 0 Å². The molecule has 11 heteroatoms. The Hall–Kier alpha value is -3.50. The topological polar surface area (TPSA) is 99.6 Å². The van der Waals surface area contributed by atoms with Gasteiger partial charge in [0.05, 0.1) is 28.7 Å². The Bertz CT molecular complexity index is 1170. The molecule has 1 fully saturated rings. The van der Waals surface area contributed by atoms with Crippen LogP contribution in [0.15, 0.2) is 54.9 Å². The van der Waals surface area contributed by atoms with Crippen LogP contribution in [0.4, 0.5) is 31.7 Å².